The third-order valence-electron chi connectivity index (χ3n) is 5.36. The predicted octanol–water partition coefficient (Wildman–Crippen LogP) is 4.53. The Morgan fingerprint density at radius 2 is 1.61 bits per heavy atom. The first-order valence-electron chi connectivity index (χ1n) is 9.75. The highest BCUT2D eigenvalue weighted by Crippen LogP contribution is 2.43. The minimum absolute atomic E-state index is 0.137. The predicted molar refractivity (Wildman–Crippen MR) is 114 cm³/mol. The van der Waals surface area contributed by atoms with Crippen LogP contribution < -0.4 is 0 Å². The summed E-state index contributed by atoms with van der Waals surface area (Å²) in [5.74, 6) is 0.952. The zero-order chi connectivity index (χ0) is 19.3. The second kappa shape index (κ2) is 8.84. The normalized spacial score (nSPS) is 22.9. The number of carbonyl (C=O) groups is 1. The van der Waals surface area contributed by atoms with Crippen molar-refractivity contribution in [3.63, 3.8) is 0 Å². The molecule has 0 spiro atoms. The number of thioether (sulfide) groups is 1. The summed E-state index contributed by atoms with van der Waals surface area (Å²) >= 11 is 1.89. The van der Waals surface area contributed by atoms with E-state index in [0.29, 0.717) is 19.7 Å². The maximum Gasteiger partial charge on any atom is 0.321 e. The maximum atomic E-state index is 13.4. The van der Waals surface area contributed by atoms with Gasteiger partial charge in [-0.1, -0.05) is 66.7 Å². The summed E-state index contributed by atoms with van der Waals surface area (Å²) in [5.41, 5.74) is 2.35. The van der Waals surface area contributed by atoms with Crippen molar-refractivity contribution >= 4 is 17.8 Å². The standard InChI is InChI=1S/C23H26N2O2S/c1-27-14-8-13-21-22-20(17-28-21)24(15-18-9-4-2-5-10-18)23(26)25(22)16-19-11-6-3-7-12-19/h2-7,9-13,20,22H,8,14-17H2,1H3/b21-13-/t20?,22-/m0/s1. The molecule has 0 radical (unpaired) electrons. The van der Waals surface area contributed by atoms with Gasteiger partial charge in [-0.05, 0) is 17.5 Å². The lowest BCUT2D eigenvalue weighted by Crippen LogP contribution is -2.35. The second-order valence-corrected chi connectivity index (χ2v) is 8.31. The molecule has 146 valence electrons. The fourth-order valence-electron chi connectivity index (χ4n) is 4.01. The molecule has 1 unspecified atom stereocenters. The molecule has 0 N–H and O–H groups in total. The van der Waals surface area contributed by atoms with Gasteiger partial charge in [-0.25, -0.2) is 4.79 Å². The second-order valence-electron chi connectivity index (χ2n) is 7.22. The lowest BCUT2D eigenvalue weighted by Gasteiger charge is -2.23. The van der Waals surface area contributed by atoms with Crippen LogP contribution in [-0.4, -0.2) is 47.4 Å². The Kier molecular flexibility index (Phi) is 6.03. The van der Waals surface area contributed by atoms with Gasteiger partial charge in [0.15, 0.2) is 0 Å². The van der Waals surface area contributed by atoms with Crippen LogP contribution >= 0.6 is 11.8 Å². The quantitative estimate of drug-likeness (QED) is 0.511. The van der Waals surface area contributed by atoms with E-state index in [1.807, 2.05) is 48.2 Å². The van der Waals surface area contributed by atoms with Gasteiger partial charge in [-0.3, -0.25) is 0 Å². The monoisotopic (exact) mass is 394 g/mol. The van der Waals surface area contributed by atoms with Crippen LogP contribution in [0, 0.1) is 0 Å². The number of amides is 2. The zero-order valence-corrected chi connectivity index (χ0v) is 17.0. The van der Waals surface area contributed by atoms with Crippen LogP contribution in [0.4, 0.5) is 4.79 Å². The summed E-state index contributed by atoms with van der Waals surface area (Å²) in [7, 11) is 1.73. The first-order chi connectivity index (χ1) is 13.8. The maximum absolute atomic E-state index is 13.4. The van der Waals surface area contributed by atoms with Crippen LogP contribution in [-0.2, 0) is 17.8 Å². The van der Waals surface area contributed by atoms with E-state index >= 15 is 0 Å². The van der Waals surface area contributed by atoms with Gasteiger partial charge < -0.3 is 14.5 Å². The number of ether oxygens (including phenoxy) is 1. The zero-order valence-electron chi connectivity index (χ0n) is 16.2. The molecule has 2 aromatic rings. The number of methoxy groups -OCH3 is 1. The van der Waals surface area contributed by atoms with Gasteiger partial charge in [0.2, 0.25) is 0 Å². The molecule has 2 fully saturated rings. The third-order valence-corrected chi connectivity index (χ3v) is 6.61. The summed E-state index contributed by atoms with van der Waals surface area (Å²) in [5, 5.41) is 0. The van der Waals surface area contributed by atoms with Gasteiger partial charge in [-0.15, -0.1) is 11.8 Å². The van der Waals surface area contributed by atoms with Crippen LogP contribution in [0.3, 0.4) is 0 Å². The van der Waals surface area contributed by atoms with E-state index in [4.69, 9.17) is 4.74 Å². The topological polar surface area (TPSA) is 32.8 Å². The molecular weight excluding hydrogens is 368 g/mol. The molecule has 4 rings (SSSR count). The minimum Gasteiger partial charge on any atom is -0.384 e. The van der Waals surface area contributed by atoms with Crippen LogP contribution in [0.5, 0.6) is 0 Å². The average molecular weight is 395 g/mol. The number of hydrogen-bond donors (Lipinski definition) is 0. The molecule has 2 heterocycles. The summed E-state index contributed by atoms with van der Waals surface area (Å²) in [6, 6.07) is 21.1. The molecule has 5 heteroatoms. The number of nitrogens with zero attached hydrogens (tertiary/aromatic N) is 2. The lowest BCUT2D eigenvalue weighted by molar-refractivity contribution is 0.182. The third kappa shape index (κ3) is 3.96. The number of rotatable bonds is 7. The van der Waals surface area contributed by atoms with Crippen LogP contribution in [0.15, 0.2) is 71.6 Å². The van der Waals surface area contributed by atoms with Crippen molar-refractivity contribution in [3.05, 3.63) is 82.8 Å². The van der Waals surface area contributed by atoms with E-state index in [2.05, 4.69) is 40.1 Å². The average Bonchev–Trinajstić information content (AvgIpc) is 3.24. The Bertz CT molecular complexity index is 825. The molecule has 2 aliphatic rings. The largest absolute Gasteiger partial charge is 0.384 e. The van der Waals surface area contributed by atoms with Gasteiger partial charge in [-0.2, -0.15) is 0 Å². The molecule has 2 saturated heterocycles. The molecule has 2 amide bonds. The smallest absolute Gasteiger partial charge is 0.321 e. The molecule has 2 aromatic carbocycles. The molecule has 0 aliphatic carbocycles. The number of fused-ring (bicyclic) bond motifs is 1. The van der Waals surface area contributed by atoms with Crippen molar-refractivity contribution in [2.45, 2.75) is 31.6 Å². The molecule has 0 aromatic heterocycles. The van der Waals surface area contributed by atoms with Gasteiger partial charge in [0.05, 0.1) is 12.1 Å². The van der Waals surface area contributed by atoms with Crippen LogP contribution in [0.2, 0.25) is 0 Å². The van der Waals surface area contributed by atoms with Crippen molar-refractivity contribution in [1.82, 2.24) is 9.80 Å². The van der Waals surface area contributed by atoms with Crippen LogP contribution in [0.1, 0.15) is 17.5 Å². The van der Waals surface area contributed by atoms with Crippen molar-refractivity contribution in [3.8, 4) is 0 Å². The molecule has 28 heavy (non-hydrogen) atoms. The van der Waals surface area contributed by atoms with Gasteiger partial charge in [0.25, 0.3) is 0 Å². The van der Waals surface area contributed by atoms with Crippen LogP contribution in [0.25, 0.3) is 0 Å². The highest BCUT2D eigenvalue weighted by molar-refractivity contribution is 8.03. The molecule has 4 nitrogen and oxygen atoms in total. The number of benzene rings is 2. The Morgan fingerprint density at radius 3 is 2.21 bits per heavy atom. The Balaban J connectivity index is 1.60. The highest BCUT2D eigenvalue weighted by Gasteiger charge is 2.50. The summed E-state index contributed by atoms with van der Waals surface area (Å²) < 4.78 is 5.21. The van der Waals surface area contributed by atoms with Crippen molar-refractivity contribution in [1.29, 1.82) is 0 Å². The van der Waals surface area contributed by atoms with E-state index in [9.17, 15) is 4.79 Å². The van der Waals surface area contributed by atoms with E-state index < -0.39 is 0 Å². The molecular formula is C23H26N2O2S. The fraction of sp³-hybridized carbons (Fsp3) is 0.348. The van der Waals surface area contributed by atoms with Gasteiger partial charge >= 0.3 is 6.03 Å². The van der Waals surface area contributed by atoms with E-state index in [1.165, 1.54) is 16.0 Å². The van der Waals surface area contributed by atoms with E-state index in [0.717, 1.165) is 12.2 Å². The molecule has 2 atom stereocenters. The lowest BCUT2D eigenvalue weighted by atomic mass is 10.1. The molecule has 0 saturated carbocycles. The van der Waals surface area contributed by atoms with Gasteiger partial charge in [0, 0.05) is 37.5 Å². The van der Waals surface area contributed by atoms with Crippen molar-refractivity contribution < 1.29 is 9.53 Å². The number of urea groups is 1. The number of hydrogen-bond acceptors (Lipinski definition) is 3. The van der Waals surface area contributed by atoms with E-state index in [-0.39, 0.29) is 18.1 Å². The van der Waals surface area contributed by atoms with Crippen molar-refractivity contribution in [2.75, 3.05) is 19.5 Å². The molecule has 0 bridgehead atoms. The SMILES string of the molecule is COCC/C=C1\SCC2[C@@H]1N(Cc1ccccc1)C(=O)N2Cc1ccccc1. The fourth-order valence-corrected chi connectivity index (χ4v) is 5.42. The minimum atomic E-state index is 0.137. The first-order valence-corrected chi connectivity index (χ1v) is 10.7. The Labute approximate surface area is 171 Å². The molecule has 2 aliphatic heterocycles. The van der Waals surface area contributed by atoms with E-state index in [1.54, 1.807) is 7.11 Å². The highest BCUT2D eigenvalue weighted by atomic mass is 32.2. The van der Waals surface area contributed by atoms with Crippen molar-refractivity contribution in [2.24, 2.45) is 0 Å². The Morgan fingerprint density at radius 1 is 1.00 bits per heavy atom. The Hall–Kier alpha value is -2.24. The first kappa shape index (κ1) is 19.1. The van der Waals surface area contributed by atoms with Gasteiger partial charge in [0.1, 0.15) is 0 Å². The number of carbonyl (C=O) groups excluding carboxylic acids is 1. The summed E-state index contributed by atoms with van der Waals surface area (Å²) in [6.45, 7) is 2.02. The summed E-state index contributed by atoms with van der Waals surface area (Å²) in [6.07, 6.45) is 3.14. The summed E-state index contributed by atoms with van der Waals surface area (Å²) in [4.78, 5) is 18.8.